The van der Waals surface area contributed by atoms with Gasteiger partial charge in [0, 0.05) is 0 Å². The van der Waals surface area contributed by atoms with Crippen LogP contribution in [0.2, 0.25) is 0 Å². The van der Waals surface area contributed by atoms with Gasteiger partial charge in [-0.15, -0.1) is 11.3 Å². The quantitative estimate of drug-likeness (QED) is 0.899. The first kappa shape index (κ1) is 13.7. The Balaban J connectivity index is 2.25. The van der Waals surface area contributed by atoms with Crippen molar-refractivity contribution in [2.45, 2.75) is 19.4 Å². The maximum atomic E-state index is 12.2. The molecule has 1 atom stereocenters. The van der Waals surface area contributed by atoms with Gasteiger partial charge in [-0.1, -0.05) is 30.3 Å². The van der Waals surface area contributed by atoms with Crippen LogP contribution in [0, 0.1) is 6.92 Å². The molecule has 2 N–H and O–H groups in total. The summed E-state index contributed by atoms with van der Waals surface area (Å²) in [7, 11) is 0. The highest BCUT2D eigenvalue weighted by molar-refractivity contribution is 7.11. The molecule has 1 aromatic carbocycles. The molecule has 0 radical (unpaired) electrons. The number of aliphatic hydroxyl groups excluding tert-OH is 1. The van der Waals surface area contributed by atoms with Crippen molar-refractivity contribution >= 4 is 17.2 Å². The fraction of sp³-hybridized carbons (Fsp3) is 0.286. The lowest BCUT2D eigenvalue weighted by molar-refractivity contribution is 0.0853. The molecule has 100 valence electrons. The summed E-state index contributed by atoms with van der Waals surface area (Å²) in [4.78, 5) is 16.9. The molecule has 1 amide bonds. The van der Waals surface area contributed by atoms with Crippen molar-refractivity contribution in [3.8, 4) is 0 Å². The second-order valence-electron chi connectivity index (χ2n) is 4.58. The topological polar surface area (TPSA) is 62.2 Å². The second-order valence-corrected chi connectivity index (χ2v) is 5.43. The predicted molar refractivity (Wildman–Crippen MR) is 75.2 cm³/mol. The van der Waals surface area contributed by atoms with Crippen molar-refractivity contribution in [1.29, 1.82) is 0 Å². The first-order valence-electron chi connectivity index (χ1n) is 5.96. The highest BCUT2D eigenvalue weighted by Crippen LogP contribution is 2.22. The number of carbonyl (C=O) groups excluding carboxylic acids is 1. The first-order valence-corrected chi connectivity index (χ1v) is 6.84. The minimum absolute atomic E-state index is 0.166. The number of rotatable bonds is 4. The number of thiazole rings is 1. The summed E-state index contributed by atoms with van der Waals surface area (Å²) in [5.41, 5.74) is 2.42. The molecular weight excluding hydrogens is 260 g/mol. The van der Waals surface area contributed by atoms with Gasteiger partial charge in [-0.25, -0.2) is 4.98 Å². The molecule has 0 spiro atoms. The molecule has 0 aliphatic carbocycles. The van der Waals surface area contributed by atoms with E-state index in [0.717, 1.165) is 5.56 Å². The number of hydrogen-bond donors (Lipinski definition) is 2. The summed E-state index contributed by atoms with van der Waals surface area (Å²) in [6, 6.07) is 9.43. The molecule has 0 saturated heterocycles. The molecular formula is C14H16N2O2S. The molecule has 1 aromatic heterocycles. The van der Waals surface area contributed by atoms with Gasteiger partial charge in [-0.2, -0.15) is 0 Å². The van der Waals surface area contributed by atoms with E-state index in [0.29, 0.717) is 10.6 Å². The average Bonchev–Trinajstić information content (AvgIpc) is 2.86. The van der Waals surface area contributed by atoms with Crippen LogP contribution < -0.4 is 5.32 Å². The Morgan fingerprint density at radius 1 is 1.42 bits per heavy atom. The molecule has 2 aromatic rings. The normalized spacial score (nSPS) is 13.8. The highest BCUT2D eigenvalue weighted by Gasteiger charge is 2.29. The Kier molecular flexibility index (Phi) is 3.97. The highest BCUT2D eigenvalue weighted by atomic mass is 32.1. The minimum atomic E-state index is -0.797. The second kappa shape index (κ2) is 5.50. The summed E-state index contributed by atoms with van der Waals surface area (Å²) in [5.74, 6) is -0.208. The van der Waals surface area contributed by atoms with Crippen molar-refractivity contribution in [1.82, 2.24) is 10.3 Å². The Morgan fingerprint density at radius 3 is 2.63 bits per heavy atom. The lowest BCUT2D eigenvalue weighted by Crippen LogP contribution is -2.46. The fourth-order valence-corrected chi connectivity index (χ4v) is 2.53. The number of nitrogens with zero attached hydrogens (tertiary/aromatic N) is 1. The lowest BCUT2D eigenvalue weighted by Gasteiger charge is -2.29. The van der Waals surface area contributed by atoms with Crippen molar-refractivity contribution < 1.29 is 9.90 Å². The third kappa shape index (κ3) is 2.83. The van der Waals surface area contributed by atoms with Crippen LogP contribution in [0.15, 0.2) is 35.8 Å². The molecule has 1 unspecified atom stereocenters. The zero-order chi connectivity index (χ0) is 13.9. The van der Waals surface area contributed by atoms with E-state index in [2.05, 4.69) is 10.3 Å². The number of benzene rings is 1. The van der Waals surface area contributed by atoms with E-state index in [4.69, 9.17) is 0 Å². The maximum Gasteiger partial charge on any atom is 0.264 e. The molecule has 1 heterocycles. The van der Waals surface area contributed by atoms with Gasteiger partial charge < -0.3 is 10.4 Å². The summed E-state index contributed by atoms with van der Waals surface area (Å²) in [6.07, 6.45) is 0. The van der Waals surface area contributed by atoms with Crippen LogP contribution in [0.3, 0.4) is 0 Å². The van der Waals surface area contributed by atoms with Crippen LogP contribution in [0.4, 0.5) is 0 Å². The third-order valence-corrected chi connectivity index (χ3v) is 4.00. The van der Waals surface area contributed by atoms with Crippen LogP contribution in [0.25, 0.3) is 0 Å². The Morgan fingerprint density at radius 2 is 2.11 bits per heavy atom. The molecule has 19 heavy (non-hydrogen) atoms. The largest absolute Gasteiger partial charge is 0.394 e. The standard InChI is InChI=1S/C14H16N2O2S/c1-10-12(19-9-15-10)13(18)16-14(2,8-17)11-6-4-3-5-7-11/h3-7,9,17H,8H2,1-2H3,(H,16,18). The average molecular weight is 276 g/mol. The Labute approximate surface area is 116 Å². The predicted octanol–water partition coefficient (Wildman–Crippen LogP) is 2.09. The molecule has 0 bridgehead atoms. The zero-order valence-electron chi connectivity index (χ0n) is 10.9. The van der Waals surface area contributed by atoms with Crippen LogP contribution >= 0.6 is 11.3 Å². The van der Waals surface area contributed by atoms with E-state index in [-0.39, 0.29) is 12.5 Å². The van der Waals surface area contributed by atoms with E-state index < -0.39 is 5.54 Å². The number of nitrogens with one attached hydrogen (secondary N) is 1. The number of hydrogen-bond acceptors (Lipinski definition) is 4. The van der Waals surface area contributed by atoms with E-state index in [1.807, 2.05) is 30.3 Å². The summed E-state index contributed by atoms with van der Waals surface area (Å²) < 4.78 is 0. The molecule has 0 fully saturated rings. The first-order chi connectivity index (χ1) is 9.07. The van der Waals surface area contributed by atoms with Gasteiger partial charge in [-0.05, 0) is 19.4 Å². The smallest absolute Gasteiger partial charge is 0.264 e. The van der Waals surface area contributed by atoms with Crippen molar-refractivity contribution in [3.05, 3.63) is 52.0 Å². The number of aliphatic hydroxyl groups is 1. The number of aryl methyl sites for hydroxylation is 1. The Hall–Kier alpha value is -1.72. The van der Waals surface area contributed by atoms with Gasteiger partial charge in [0.2, 0.25) is 0 Å². The third-order valence-electron chi connectivity index (χ3n) is 3.07. The monoisotopic (exact) mass is 276 g/mol. The van der Waals surface area contributed by atoms with Crippen LogP contribution in [0.5, 0.6) is 0 Å². The molecule has 0 aliphatic heterocycles. The van der Waals surface area contributed by atoms with Gasteiger partial charge in [0.15, 0.2) is 0 Å². The van der Waals surface area contributed by atoms with Crippen molar-refractivity contribution in [2.24, 2.45) is 0 Å². The summed E-state index contributed by atoms with van der Waals surface area (Å²) in [6.45, 7) is 3.43. The van der Waals surface area contributed by atoms with Gasteiger partial charge in [0.25, 0.3) is 5.91 Å². The number of carbonyl (C=O) groups is 1. The number of aromatic nitrogens is 1. The van der Waals surface area contributed by atoms with Gasteiger partial charge in [-0.3, -0.25) is 4.79 Å². The molecule has 4 nitrogen and oxygen atoms in total. The molecule has 0 aliphatic rings. The summed E-state index contributed by atoms with van der Waals surface area (Å²) in [5, 5.41) is 12.5. The minimum Gasteiger partial charge on any atom is -0.394 e. The number of amides is 1. The van der Waals surface area contributed by atoms with Crippen molar-refractivity contribution in [2.75, 3.05) is 6.61 Å². The maximum absolute atomic E-state index is 12.2. The zero-order valence-corrected chi connectivity index (χ0v) is 11.7. The van der Waals surface area contributed by atoms with E-state index >= 15 is 0 Å². The van der Waals surface area contributed by atoms with Crippen LogP contribution in [-0.2, 0) is 5.54 Å². The fourth-order valence-electron chi connectivity index (χ4n) is 1.84. The van der Waals surface area contributed by atoms with E-state index in [1.54, 1.807) is 19.4 Å². The lowest BCUT2D eigenvalue weighted by atomic mass is 9.93. The SMILES string of the molecule is Cc1ncsc1C(=O)NC(C)(CO)c1ccccc1. The van der Waals surface area contributed by atoms with Crippen molar-refractivity contribution in [3.63, 3.8) is 0 Å². The van der Waals surface area contributed by atoms with Gasteiger partial charge >= 0.3 is 0 Å². The van der Waals surface area contributed by atoms with Crippen LogP contribution in [0.1, 0.15) is 27.9 Å². The molecule has 5 heteroatoms. The van der Waals surface area contributed by atoms with Crippen LogP contribution in [-0.4, -0.2) is 22.6 Å². The van der Waals surface area contributed by atoms with E-state index in [9.17, 15) is 9.90 Å². The Bertz CT molecular complexity index is 568. The summed E-state index contributed by atoms with van der Waals surface area (Å²) >= 11 is 1.30. The molecule has 0 saturated carbocycles. The molecule has 2 rings (SSSR count). The van der Waals surface area contributed by atoms with E-state index in [1.165, 1.54) is 11.3 Å². The van der Waals surface area contributed by atoms with Gasteiger partial charge in [0.05, 0.1) is 23.4 Å². The van der Waals surface area contributed by atoms with Gasteiger partial charge in [0.1, 0.15) is 4.88 Å².